The van der Waals surface area contributed by atoms with E-state index >= 15 is 0 Å². The topological polar surface area (TPSA) is 70.2 Å². The van der Waals surface area contributed by atoms with Crippen LogP contribution < -0.4 is 0 Å². The molecule has 0 saturated carbocycles. The molecule has 0 aromatic heterocycles. The van der Waals surface area contributed by atoms with Gasteiger partial charge in [-0.05, 0) is 17.7 Å². The third kappa shape index (κ3) is 3.24. The molecule has 0 N–H and O–H groups in total. The monoisotopic (exact) mass is 375 g/mol. The average Bonchev–Trinajstić information content (AvgIpc) is 3.29. The number of hydrogen-bond acceptors (Lipinski definition) is 4. The average molecular weight is 375 g/mol. The summed E-state index contributed by atoms with van der Waals surface area (Å²) in [5.74, 6) is -0.285. The van der Waals surface area contributed by atoms with Gasteiger partial charge in [0.1, 0.15) is 19.0 Å². The number of nitrogens with zero attached hydrogens (tertiary/aromatic N) is 3. The summed E-state index contributed by atoms with van der Waals surface area (Å²) in [5, 5.41) is 0. The Morgan fingerprint density at radius 2 is 2.07 bits per heavy atom. The fraction of sp³-hybridized carbons (Fsp3) is 0.526. The number of benzene rings is 1. The first-order valence-corrected chi connectivity index (χ1v) is 9.16. The molecule has 4 rings (SSSR count). The molecular weight excluding hydrogens is 353 g/mol. The third-order valence-electron chi connectivity index (χ3n) is 5.78. The van der Waals surface area contributed by atoms with Crippen molar-refractivity contribution in [3.63, 3.8) is 0 Å². The molecule has 0 bridgehead atoms. The van der Waals surface area contributed by atoms with E-state index in [1.807, 2.05) is 6.07 Å². The summed E-state index contributed by atoms with van der Waals surface area (Å²) in [5.41, 5.74) is 0.759. The molecule has 3 amide bonds. The van der Waals surface area contributed by atoms with Gasteiger partial charge in [-0.3, -0.25) is 14.5 Å². The van der Waals surface area contributed by atoms with E-state index in [4.69, 9.17) is 4.74 Å². The third-order valence-corrected chi connectivity index (χ3v) is 5.78. The van der Waals surface area contributed by atoms with Gasteiger partial charge in [0.15, 0.2) is 0 Å². The van der Waals surface area contributed by atoms with Crippen LogP contribution in [0.15, 0.2) is 24.3 Å². The lowest BCUT2D eigenvalue weighted by atomic mass is 9.89. The van der Waals surface area contributed by atoms with E-state index in [1.54, 1.807) is 15.9 Å². The lowest BCUT2D eigenvalue weighted by Gasteiger charge is -2.29. The summed E-state index contributed by atoms with van der Waals surface area (Å²) in [6.07, 6.45) is -0.455. The maximum Gasteiger partial charge on any atom is 0.410 e. The fourth-order valence-corrected chi connectivity index (χ4v) is 4.52. The Hall–Kier alpha value is -2.64. The number of ether oxygens (including phenoxy) is 1. The molecular formula is C19H22FN3O4. The fourth-order valence-electron chi connectivity index (χ4n) is 4.52. The van der Waals surface area contributed by atoms with Crippen LogP contribution in [0.5, 0.6) is 0 Å². The van der Waals surface area contributed by atoms with Crippen LogP contribution >= 0.6 is 0 Å². The van der Waals surface area contributed by atoms with Crippen LogP contribution in [-0.4, -0.2) is 71.9 Å². The molecule has 7 nitrogen and oxygen atoms in total. The Morgan fingerprint density at radius 1 is 1.26 bits per heavy atom. The number of rotatable bonds is 3. The molecule has 3 saturated heterocycles. The molecule has 3 aliphatic rings. The van der Waals surface area contributed by atoms with Gasteiger partial charge in [-0.2, -0.15) is 0 Å². The molecule has 3 aliphatic heterocycles. The summed E-state index contributed by atoms with van der Waals surface area (Å²) in [4.78, 5) is 41.2. The Kier molecular flexibility index (Phi) is 4.49. The zero-order chi connectivity index (χ0) is 19.1. The van der Waals surface area contributed by atoms with Crippen molar-refractivity contribution in [3.05, 3.63) is 35.6 Å². The van der Waals surface area contributed by atoms with Crippen LogP contribution in [0, 0.1) is 17.7 Å². The van der Waals surface area contributed by atoms with Gasteiger partial charge in [0.05, 0.1) is 12.6 Å². The Balaban J connectivity index is 1.51. The second-order valence-electron chi connectivity index (χ2n) is 7.43. The predicted octanol–water partition coefficient (Wildman–Crippen LogP) is 1.26. The second kappa shape index (κ2) is 6.83. The first-order chi connectivity index (χ1) is 12.9. The van der Waals surface area contributed by atoms with Crippen LogP contribution in [0.3, 0.4) is 0 Å². The molecule has 3 atom stereocenters. The van der Waals surface area contributed by atoms with Crippen LogP contribution in [0.25, 0.3) is 0 Å². The quantitative estimate of drug-likeness (QED) is 0.798. The number of fused-ring (bicyclic) bond motifs is 1. The minimum Gasteiger partial charge on any atom is -0.448 e. The van der Waals surface area contributed by atoms with Crippen molar-refractivity contribution in [1.82, 2.24) is 14.7 Å². The SMILES string of the molecule is CC(=O)N1C[C@H]2CN(C(=O)CN3CCOC3=O)C[C@H]2[C@H]1c1cccc(F)c1. The largest absolute Gasteiger partial charge is 0.448 e. The number of cyclic esters (lactones) is 1. The molecule has 144 valence electrons. The van der Waals surface area contributed by atoms with Crippen molar-refractivity contribution >= 4 is 17.9 Å². The van der Waals surface area contributed by atoms with Crippen LogP contribution in [0.1, 0.15) is 18.5 Å². The van der Waals surface area contributed by atoms with Crippen LogP contribution in [0.4, 0.5) is 9.18 Å². The molecule has 0 spiro atoms. The molecule has 1 aromatic rings. The smallest absolute Gasteiger partial charge is 0.410 e. The van der Waals surface area contributed by atoms with Crippen LogP contribution in [0.2, 0.25) is 0 Å². The Morgan fingerprint density at radius 3 is 2.74 bits per heavy atom. The zero-order valence-electron chi connectivity index (χ0n) is 15.1. The van der Waals surface area contributed by atoms with Gasteiger partial charge in [0, 0.05) is 38.4 Å². The van der Waals surface area contributed by atoms with Crippen molar-refractivity contribution in [2.75, 3.05) is 39.3 Å². The van der Waals surface area contributed by atoms with Crippen molar-refractivity contribution in [2.45, 2.75) is 13.0 Å². The maximum atomic E-state index is 13.7. The van der Waals surface area contributed by atoms with E-state index < -0.39 is 6.09 Å². The number of carbonyl (C=O) groups excluding carboxylic acids is 3. The van der Waals surface area contributed by atoms with Gasteiger partial charge in [0.25, 0.3) is 0 Å². The molecule has 0 radical (unpaired) electrons. The molecule has 27 heavy (non-hydrogen) atoms. The highest BCUT2D eigenvalue weighted by Gasteiger charge is 2.49. The van der Waals surface area contributed by atoms with E-state index in [-0.39, 0.29) is 42.1 Å². The summed E-state index contributed by atoms with van der Waals surface area (Å²) in [7, 11) is 0. The Labute approximate surface area is 156 Å². The van der Waals surface area contributed by atoms with E-state index in [1.165, 1.54) is 24.0 Å². The van der Waals surface area contributed by atoms with Crippen molar-refractivity contribution in [2.24, 2.45) is 11.8 Å². The minimum atomic E-state index is -0.455. The maximum absolute atomic E-state index is 13.7. The summed E-state index contributed by atoms with van der Waals surface area (Å²) in [6.45, 7) is 3.87. The van der Waals surface area contributed by atoms with Crippen molar-refractivity contribution in [1.29, 1.82) is 0 Å². The predicted molar refractivity (Wildman–Crippen MR) is 93.0 cm³/mol. The highest BCUT2D eigenvalue weighted by molar-refractivity contribution is 5.83. The number of halogens is 1. The highest BCUT2D eigenvalue weighted by atomic mass is 19.1. The highest BCUT2D eigenvalue weighted by Crippen LogP contribution is 2.45. The van der Waals surface area contributed by atoms with Gasteiger partial charge in [-0.1, -0.05) is 12.1 Å². The first kappa shape index (κ1) is 17.8. The molecule has 1 aromatic carbocycles. The number of hydrogen-bond donors (Lipinski definition) is 0. The lowest BCUT2D eigenvalue weighted by molar-refractivity contribution is -0.132. The minimum absolute atomic E-state index is 0.0132. The molecule has 0 aliphatic carbocycles. The van der Waals surface area contributed by atoms with E-state index in [0.717, 1.165) is 5.56 Å². The van der Waals surface area contributed by atoms with Gasteiger partial charge in [-0.25, -0.2) is 9.18 Å². The van der Waals surface area contributed by atoms with Gasteiger partial charge >= 0.3 is 6.09 Å². The summed E-state index contributed by atoms with van der Waals surface area (Å²) in [6, 6.07) is 6.09. The number of likely N-dealkylation sites (tertiary alicyclic amines) is 2. The zero-order valence-corrected chi connectivity index (χ0v) is 15.1. The lowest BCUT2D eigenvalue weighted by Crippen LogP contribution is -2.41. The first-order valence-electron chi connectivity index (χ1n) is 9.16. The Bertz CT molecular complexity index is 786. The molecule has 8 heteroatoms. The van der Waals surface area contributed by atoms with Crippen LogP contribution in [-0.2, 0) is 14.3 Å². The van der Waals surface area contributed by atoms with E-state index in [9.17, 15) is 18.8 Å². The molecule has 0 unspecified atom stereocenters. The second-order valence-corrected chi connectivity index (χ2v) is 7.43. The van der Waals surface area contributed by atoms with Gasteiger partial charge in [-0.15, -0.1) is 0 Å². The summed E-state index contributed by atoms with van der Waals surface area (Å²) < 4.78 is 18.6. The van der Waals surface area contributed by atoms with Gasteiger partial charge < -0.3 is 14.5 Å². The number of amides is 3. The standard InChI is InChI=1S/C19H22FN3O4/c1-12(24)23-9-14-8-22(17(25)11-21-5-6-27-19(21)26)10-16(14)18(23)13-3-2-4-15(20)7-13/h2-4,7,14,16,18H,5-6,8-11H2,1H3/t14-,16-,18-/m1/s1. The van der Waals surface area contributed by atoms with Crippen molar-refractivity contribution < 1.29 is 23.5 Å². The normalized spacial score (nSPS) is 27.1. The van der Waals surface area contributed by atoms with Gasteiger partial charge in [0.2, 0.25) is 11.8 Å². The molecule has 3 fully saturated rings. The van der Waals surface area contributed by atoms with E-state index in [0.29, 0.717) is 32.8 Å². The molecule has 3 heterocycles. The van der Waals surface area contributed by atoms with Crippen molar-refractivity contribution in [3.8, 4) is 0 Å². The van der Waals surface area contributed by atoms with E-state index in [2.05, 4.69) is 0 Å². The summed E-state index contributed by atoms with van der Waals surface area (Å²) >= 11 is 0. The number of carbonyl (C=O) groups is 3.